The number of aromatic nitrogens is 4. The summed E-state index contributed by atoms with van der Waals surface area (Å²) in [6.07, 6.45) is 1.05. The average Bonchev–Trinajstić information content (AvgIpc) is 3.23. The molecule has 2 fully saturated rings. The predicted molar refractivity (Wildman–Crippen MR) is 133 cm³/mol. The number of fused-ring (bicyclic) bond motifs is 1. The number of likely N-dealkylation sites (tertiary alicyclic amines) is 1. The highest BCUT2D eigenvalue weighted by Gasteiger charge is 2.35. The van der Waals surface area contributed by atoms with E-state index in [1.165, 1.54) is 6.33 Å². The number of hydrogen-bond donors (Lipinski definition) is 2. The number of benzene rings is 2. The molecule has 2 aromatic carbocycles. The van der Waals surface area contributed by atoms with Crippen molar-refractivity contribution in [2.45, 2.75) is 18.6 Å². The number of rotatable bonds is 6. The Balaban J connectivity index is 1.28. The minimum Gasteiger partial charge on any atom is -0.457 e. The number of para-hydroxylation sites is 1. The number of halogens is 1. The van der Waals surface area contributed by atoms with Gasteiger partial charge in [0.05, 0.1) is 11.4 Å². The number of alkyl halides is 1. The van der Waals surface area contributed by atoms with E-state index >= 15 is 4.39 Å². The smallest absolute Gasteiger partial charge is 0.164 e. The summed E-state index contributed by atoms with van der Waals surface area (Å²) >= 11 is 0. The molecular formula is C26H28FN7O. The van der Waals surface area contributed by atoms with Crippen LogP contribution in [-0.4, -0.2) is 63.5 Å². The van der Waals surface area contributed by atoms with E-state index in [1.807, 2.05) is 54.6 Å². The molecule has 0 amide bonds. The Hall–Kier alpha value is -3.56. The van der Waals surface area contributed by atoms with Crippen LogP contribution in [0.15, 0.2) is 60.9 Å². The van der Waals surface area contributed by atoms with Crippen molar-refractivity contribution >= 4 is 16.9 Å². The van der Waals surface area contributed by atoms with Crippen molar-refractivity contribution in [3.05, 3.63) is 60.9 Å². The highest BCUT2D eigenvalue weighted by Crippen LogP contribution is 2.36. The molecule has 9 heteroatoms. The topological polar surface area (TPSA) is 94.1 Å². The lowest BCUT2D eigenvalue weighted by molar-refractivity contribution is 0.0681. The molecule has 0 bridgehead atoms. The Bertz CT molecular complexity index is 1310. The summed E-state index contributed by atoms with van der Waals surface area (Å²) in [6.45, 7) is 4.23. The molecule has 0 spiro atoms. The molecule has 2 saturated heterocycles. The van der Waals surface area contributed by atoms with Crippen LogP contribution in [0.5, 0.6) is 11.5 Å². The van der Waals surface area contributed by atoms with Crippen molar-refractivity contribution in [1.29, 1.82) is 0 Å². The molecule has 0 aliphatic carbocycles. The van der Waals surface area contributed by atoms with E-state index in [-0.39, 0.29) is 0 Å². The second kappa shape index (κ2) is 9.24. The number of nitrogen functional groups attached to an aromatic ring is 1. The minimum atomic E-state index is -1.04. The maximum absolute atomic E-state index is 15.4. The summed E-state index contributed by atoms with van der Waals surface area (Å²) in [6, 6.07) is 16.9. The Morgan fingerprint density at radius 1 is 1.03 bits per heavy atom. The first-order chi connectivity index (χ1) is 17.2. The van der Waals surface area contributed by atoms with Gasteiger partial charge >= 0.3 is 0 Å². The van der Waals surface area contributed by atoms with Gasteiger partial charge in [-0.05, 0) is 48.7 Å². The molecule has 0 saturated carbocycles. The monoisotopic (exact) mass is 473 g/mol. The van der Waals surface area contributed by atoms with Gasteiger partial charge in [0.25, 0.3) is 0 Å². The Labute approximate surface area is 202 Å². The zero-order valence-corrected chi connectivity index (χ0v) is 19.3. The zero-order valence-electron chi connectivity index (χ0n) is 19.3. The third kappa shape index (κ3) is 4.33. The SMILES string of the molecule is Nc1ncnc2c1c(-c1ccc(Oc3ccccc3)cc1)nn2[C@H]1CCN(CC2CNC2)C[C@@H]1F. The van der Waals surface area contributed by atoms with Gasteiger partial charge in [-0.25, -0.2) is 19.0 Å². The molecule has 8 nitrogen and oxygen atoms in total. The van der Waals surface area contributed by atoms with E-state index in [0.29, 0.717) is 47.2 Å². The zero-order chi connectivity index (χ0) is 23.8. The fraction of sp³-hybridized carbons (Fsp3) is 0.346. The van der Waals surface area contributed by atoms with Crippen LogP contribution in [0.4, 0.5) is 10.2 Å². The molecular weight excluding hydrogens is 445 g/mol. The number of piperidine rings is 1. The quantitative estimate of drug-likeness (QED) is 0.441. The van der Waals surface area contributed by atoms with Crippen LogP contribution >= 0.6 is 0 Å². The number of nitrogens with one attached hydrogen (secondary N) is 1. The highest BCUT2D eigenvalue weighted by atomic mass is 19.1. The van der Waals surface area contributed by atoms with Crippen LogP contribution in [0.1, 0.15) is 12.5 Å². The van der Waals surface area contributed by atoms with Crippen LogP contribution in [-0.2, 0) is 0 Å². The van der Waals surface area contributed by atoms with Crippen molar-refractivity contribution in [2.75, 3.05) is 38.5 Å². The van der Waals surface area contributed by atoms with Crippen molar-refractivity contribution in [2.24, 2.45) is 5.92 Å². The van der Waals surface area contributed by atoms with Gasteiger partial charge in [-0.2, -0.15) is 5.10 Å². The molecule has 4 heterocycles. The third-order valence-corrected chi connectivity index (χ3v) is 6.91. The molecule has 35 heavy (non-hydrogen) atoms. The van der Waals surface area contributed by atoms with Gasteiger partial charge in [0.15, 0.2) is 5.65 Å². The summed E-state index contributed by atoms with van der Waals surface area (Å²) in [5.74, 6) is 2.44. The first kappa shape index (κ1) is 21.9. The summed E-state index contributed by atoms with van der Waals surface area (Å²) in [4.78, 5) is 10.9. The number of ether oxygens (including phenoxy) is 1. The maximum atomic E-state index is 15.4. The molecule has 2 aliphatic heterocycles. The Morgan fingerprint density at radius 2 is 1.80 bits per heavy atom. The largest absolute Gasteiger partial charge is 0.457 e. The van der Waals surface area contributed by atoms with Crippen LogP contribution in [0, 0.1) is 5.92 Å². The molecule has 180 valence electrons. The third-order valence-electron chi connectivity index (χ3n) is 6.91. The van der Waals surface area contributed by atoms with Crippen molar-refractivity contribution in [3.63, 3.8) is 0 Å². The molecule has 3 N–H and O–H groups in total. The Morgan fingerprint density at radius 3 is 2.51 bits per heavy atom. The van der Waals surface area contributed by atoms with Crippen molar-refractivity contribution in [3.8, 4) is 22.8 Å². The fourth-order valence-corrected chi connectivity index (χ4v) is 4.97. The van der Waals surface area contributed by atoms with Gasteiger partial charge in [0.2, 0.25) is 0 Å². The molecule has 0 radical (unpaired) electrons. The molecule has 2 aliphatic rings. The lowest BCUT2D eigenvalue weighted by Gasteiger charge is -2.38. The van der Waals surface area contributed by atoms with Crippen LogP contribution in [0.2, 0.25) is 0 Å². The van der Waals surface area contributed by atoms with E-state index in [2.05, 4.69) is 20.2 Å². The van der Waals surface area contributed by atoms with Crippen molar-refractivity contribution < 1.29 is 9.13 Å². The predicted octanol–water partition coefficient (Wildman–Crippen LogP) is 3.67. The van der Waals surface area contributed by atoms with Gasteiger partial charge in [-0.1, -0.05) is 18.2 Å². The van der Waals surface area contributed by atoms with Crippen molar-refractivity contribution in [1.82, 2.24) is 30.0 Å². The lowest BCUT2D eigenvalue weighted by Crippen LogP contribution is -2.51. The number of hydrogen-bond acceptors (Lipinski definition) is 7. The molecule has 0 unspecified atom stereocenters. The van der Waals surface area contributed by atoms with E-state index in [9.17, 15) is 0 Å². The van der Waals surface area contributed by atoms with Crippen LogP contribution in [0.3, 0.4) is 0 Å². The van der Waals surface area contributed by atoms with E-state index in [4.69, 9.17) is 15.6 Å². The van der Waals surface area contributed by atoms with Gasteiger partial charge in [0.1, 0.15) is 35.5 Å². The van der Waals surface area contributed by atoms with E-state index in [1.54, 1.807) is 4.68 Å². The molecule has 2 aromatic heterocycles. The summed E-state index contributed by atoms with van der Waals surface area (Å²) in [5.41, 5.74) is 8.34. The standard InChI is InChI=1S/C26H28FN7O/c27-21-15-33(14-17-12-29-13-17)11-10-22(21)34-26-23(25(28)30-16-31-26)24(32-34)18-6-8-20(9-7-18)35-19-4-2-1-3-5-19/h1-9,16-17,21-22,29H,10-15H2,(H2,28,30,31)/t21-,22-/m0/s1. The summed E-state index contributed by atoms with van der Waals surface area (Å²) in [7, 11) is 0. The first-order valence-electron chi connectivity index (χ1n) is 12.0. The number of anilines is 1. The maximum Gasteiger partial charge on any atom is 0.164 e. The average molecular weight is 474 g/mol. The fourth-order valence-electron chi connectivity index (χ4n) is 4.97. The van der Waals surface area contributed by atoms with Crippen LogP contribution in [0.25, 0.3) is 22.3 Å². The van der Waals surface area contributed by atoms with E-state index < -0.39 is 12.2 Å². The summed E-state index contributed by atoms with van der Waals surface area (Å²) in [5, 5.41) is 8.79. The second-order valence-corrected chi connectivity index (χ2v) is 9.35. The summed E-state index contributed by atoms with van der Waals surface area (Å²) < 4.78 is 23.1. The minimum absolute atomic E-state index is 0.339. The Kier molecular flexibility index (Phi) is 5.79. The normalized spacial score (nSPS) is 21.2. The number of nitrogens with two attached hydrogens (primary N) is 1. The van der Waals surface area contributed by atoms with Gasteiger partial charge < -0.3 is 15.8 Å². The molecule has 4 aromatic rings. The number of nitrogens with zero attached hydrogens (tertiary/aromatic N) is 5. The van der Waals surface area contributed by atoms with Gasteiger partial charge in [-0.15, -0.1) is 0 Å². The molecule has 2 atom stereocenters. The van der Waals surface area contributed by atoms with Crippen LogP contribution < -0.4 is 15.8 Å². The molecule has 6 rings (SSSR count). The van der Waals surface area contributed by atoms with Gasteiger partial charge in [-0.3, -0.25) is 4.90 Å². The first-order valence-corrected chi connectivity index (χ1v) is 12.0. The van der Waals surface area contributed by atoms with Gasteiger partial charge in [0, 0.05) is 38.3 Å². The second-order valence-electron chi connectivity index (χ2n) is 9.35. The highest BCUT2D eigenvalue weighted by molar-refractivity contribution is 5.98. The lowest BCUT2D eigenvalue weighted by atomic mass is 9.98. The van der Waals surface area contributed by atoms with E-state index in [0.717, 1.165) is 37.5 Å².